The molecule has 1 N–H and O–H groups in total. The molecule has 2 nitrogen and oxygen atoms in total. The predicted molar refractivity (Wildman–Crippen MR) is 110 cm³/mol. The van der Waals surface area contributed by atoms with Crippen LogP contribution in [0, 0.1) is 11.6 Å². The lowest BCUT2D eigenvalue weighted by atomic mass is 9.77. The lowest BCUT2D eigenvalue weighted by molar-refractivity contribution is 0.109. The number of hydrogen-bond acceptors (Lipinski definition) is 2. The van der Waals surface area contributed by atoms with Crippen LogP contribution in [0.15, 0.2) is 90.5 Å². The Kier molecular flexibility index (Phi) is 5.56. The number of nitrogens with zero attached hydrogens (tertiary/aromatic N) is 1. The second kappa shape index (κ2) is 8.27. The third kappa shape index (κ3) is 4.14. The molecule has 3 aromatic carbocycles. The monoisotopic (exact) mass is 391 g/mol. The standard InChI is InChI=1S/C25H23F2NO/c26-23-10-6-20(7-11-23)25(29,21-8-12-24(27)13-9-21)22-14-16-28(17-15-22)18-19-4-2-1-3-5-19/h1-14,29H,15-18H2. The normalized spacial score (nSPS) is 15.2. The molecule has 148 valence electrons. The third-order valence-corrected chi connectivity index (χ3v) is 5.53. The number of benzene rings is 3. The van der Waals surface area contributed by atoms with Crippen molar-refractivity contribution in [2.45, 2.75) is 18.6 Å². The molecule has 4 heteroatoms. The minimum atomic E-state index is -1.42. The van der Waals surface area contributed by atoms with Gasteiger partial charge < -0.3 is 5.11 Å². The molecule has 29 heavy (non-hydrogen) atoms. The van der Waals surface area contributed by atoms with Gasteiger partial charge in [0.05, 0.1) is 0 Å². The molecule has 4 rings (SSSR count). The minimum absolute atomic E-state index is 0.359. The maximum atomic E-state index is 13.5. The summed E-state index contributed by atoms with van der Waals surface area (Å²) in [7, 11) is 0. The van der Waals surface area contributed by atoms with Crippen LogP contribution >= 0.6 is 0 Å². The van der Waals surface area contributed by atoms with Crippen molar-refractivity contribution in [2.24, 2.45) is 0 Å². The number of hydrogen-bond donors (Lipinski definition) is 1. The maximum absolute atomic E-state index is 13.5. The Balaban J connectivity index is 1.65. The van der Waals surface area contributed by atoms with Crippen molar-refractivity contribution in [3.05, 3.63) is 119 Å². The molecule has 1 aliphatic heterocycles. The molecule has 0 fully saturated rings. The van der Waals surface area contributed by atoms with E-state index in [-0.39, 0.29) is 11.6 Å². The van der Waals surface area contributed by atoms with Gasteiger partial charge in [0.25, 0.3) is 0 Å². The van der Waals surface area contributed by atoms with Gasteiger partial charge in [0.15, 0.2) is 0 Å². The van der Waals surface area contributed by atoms with Crippen molar-refractivity contribution in [1.82, 2.24) is 4.90 Å². The summed E-state index contributed by atoms with van der Waals surface area (Å²) in [4.78, 5) is 2.31. The second-order valence-electron chi connectivity index (χ2n) is 7.42. The van der Waals surface area contributed by atoms with E-state index in [1.165, 1.54) is 29.8 Å². The van der Waals surface area contributed by atoms with E-state index in [0.29, 0.717) is 24.1 Å². The van der Waals surface area contributed by atoms with E-state index in [1.807, 2.05) is 24.3 Å². The van der Waals surface area contributed by atoms with E-state index in [0.717, 1.165) is 18.7 Å². The highest BCUT2D eigenvalue weighted by Gasteiger charge is 2.37. The van der Waals surface area contributed by atoms with Gasteiger partial charge in [-0.1, -0.05) is 60.7 Å². The van der Waals surface area contributed by atoms with Gasteiger partial charge >= 0.3 is 0 Å². The van der Waals surface area contributed by atoms with Gasteiger partial charge in [0.1, 0.15) is 17.2 Å². The van der Waals surface area contributed by atoms with Gasteiger partial charge in [-0.25, -0.2) is 8.78 Å². The van der Waals surface area contributed by atoms with Crippen LogP contribution in [0.3, 0.4) is 0 Å². The smallest absolute Gasteiger partial charge is 0.136 e. The summed E-state index contributed by atoms with van der Waals surface area (Å²) in [6.07, 6.45) is 2.71. The molecule has 0 atom stereocenters. The van der Waals surface area contributed by atoms with Crippen LogP contribution in [-0.2, 0) is 12.1 Å². The third-order valence-electron chi connectivity index (χ3n) is 5.53. The summed E-state index contributed by atoms with van der Waals surface area (Å²) >= 11 is 0. The SMILES string of the molecule is OC(C1=CCN(Cc2ccccc2)CC1)(c1ccc(F)cc1)c1ccc(F)cc1. The molecular weight excluding hydrogens is 368 g/mol. The second-order valence-corrected chi connectivity index (χ2v) is 7.42. The fourth-order valence-corrected chi connectivity index (χ4v) is 3.94. The van der Waals surface area contributed by atoms with Gasteiger partial charge in [-0.15, -0.1) is 0 Å². The summed E-state index contributed by atoms with van der Waals surface area (Å²) in [6.45, 7) is 2.34. The van der Waals surface area contributed by atoms with E-state index in [1.54, 1.807) is 24.3 Å². The van der Waals surface area contributed by atoms with E-state index in [9.17, 15) is 13.9 Å². The van der Waals surface area contributed by atoms with Crippen molar-refractivity contribution >= 4 is 0 Å². The molecule has 1 heterocycles. The van der Waals surface area contributed by atoms with Crippen LogP contribution < -0.4 is 0 Å². The van der Waals surface area contributed by atoms with E-state index in [4.69, 9.17) is 0 Å². The molecule has 0 amide bonds. The predicted octanol–water partition coefficient (Wildman–Crippen LogP) is 5.03. The molecule has 0 radical (unpaired) electrons. The largest absolute Gasteiger partial charge is 0.376 e. The summed E-state index contributed by atoms with van der Waals surface area (Å²) in [5, 5.41) is 11.8. The minimum Gasteiger partial charge on any atom is -0.376 e. The van der Waals surface area contributed by atoms with Crippen LogP contribution in [0.5, 0.6) is 0 Å². The molecule has 0 saturated carbocycles. The molecule has 0 aromatic heterocycles. The number of aliphatic hydroxyl groups is 1. The first kappa shape index (κ1) is 19.5. The first-order valence-corrected chi connectivity index (χ1v) is 9.76. The van der Waals surface area contributed by atoms with Crippen molar-refractivity contribution in [3.63, 3.8) is 0 Å². The quantitative estimate of drug-likeness (QED) is 0.617. The Hall–Kier alpha value is -2.82. The maximum Gasteiger partial charge on any atom is 0.136 e. The highest BCUT2D eigenvalue weighted by atomic mass is 19.1. The van der Waals surface area contributed by atoms with Crippen LogP contribution in [0.2, 0.25) is 0 Å². The van der Waals surface area contributed by atoms with Crippen molar-refractivity contribution in [3.8, 4) is 0 Å². The molecule has 0 unspecified atom stereocenters. The first-order valence-electron chi connectivity index (χ1n) is 9.76. The van der Waals surface area contributed by atoms with Crippen LogP contribution in [0.1, 0.15) is 23.1 Å². The summed E-state index contributed by atoms with van der Waals surface area (Å²) < 4.78 is 27.0. The van der Waals surface area contributed by atoms with Crippen LogP contribution in [-0.4, -0.2) is 23.1 Å². The molecule has 3 aromatic rings. The number of rotatable bonds is 5. The average Bonchev–Trinajstić information content (AvgIpc) is 2.75. The molecular formula is C25H23F2NO. The summed E-state index contributed by atoms with van der Waals surface area (Å²) in [5.41, 5.74) is 1.83. The average molecular weight is 391 g/mol. The molecule has 0 aliphatic carbocycles. The van der Waals surface area contributed by atoms with E-state index < -0.39 is 5.60 Å². The van der Waals surface area contributed by atoms with Gasteiger partial charge in [-0.2, -0.15) is 0 Å². The Morgan fingerprint density at radius 3 is 1.83 bits per heavy atom. The van der Waals surface area contributed by atoms with Gasteiger partial charge in [-0.3, -0.25) is 4.90 Å². The Labute approximate surface area is 169 Å². The fraction of sp³-hybridized carbons (Fsp3) is 0.200. The van der Waals surface area contributed by atoms with Crippen molar-refractivity contribution in [2.75, 3.05) is 13.1 Å². The number of halogens is 2. The van der Waals surface area contributed by atoms with Crippen molar-refractivity contribution < 1.29 is 13.9 Å². The fourth-order valence-electron chi connectivity index (χ4n) is 3.94. The highest BCUT2D eigenvalue weighted by Crippen LogP contribution is 2.39. The topological polar surface area (TPSA) is 23.5 Å². The van der Waals surface area contributed by atoms with Crippen LogP contribution in [0.4, 0.5) is 8.78 Å². The summed E-state index contributed by atoms with van der Waals surface area (Å²) in [5.74, 6) is -0.719. The van der Waals surface area contributed by atoms with E-state index >= 15 is 0 Å². The molecule has 0 spiro atoms. The van der Waals surface area contributed by atoms with Gasteiger partial charge in [0, 0.05) is 19.6 Å². The lowest BCUT2D eigenvalue weighted by Gasteiger charge is -2.36. The van der Waals surface area contributed by atoms with Gasteiger partial charge in [-0.05, 0) is 52.9 Å². The Morgan fingerprint density at radius 1 is 0.793 bits per heavy atom. The summed E-state index contributed by atoms with van der Waals surface area (Å²) in [6, 6.07) is 22.0. The molecule has 0 bridgehead atoms. The Morgan fingerprint density at radius 2 is 1.34 bits per heavy atom. The van der Waals surface area contributed by atoms with Gasteiger partial charge in [0.2, 0.25) is 0 Å². The van der Waals surface area contributed by atoms with Crippen LogP contribution in [0.25, 0.3) is 0 Å². The zero-order valence-electron chi connectivity index (χ0n) is 16.1. The molecule has 0 saturated heterocycles. The lowest BCUT2D eigenvalue weighted by Crippen LogP contribution is -2.36. The first-order chi connectivity index (χ1) is 14.1. The zero-order chi connectivity index (χ0) is 20.3. The highest BCUT2D eigenvalue weighted by molar-refractivity contribution is 5.46. The van der Waals surface area contributed by atoms with Crippen molar-refractivity contribution in [1.29, 1.82) is 0 Å². The van der Waals surface area contributed by atoms with E-state index in [2.05, 4.69) is 17.0 Å². The zero-order valence-corrected chi connectivity index (χ0v) is 16.1. The Bertz CT molecular complexity index is 936. The molecule has 1 aliphatic rings.